The van der Waals surface area contributed by atoms with E-state index in [1.54, 1.807) is 24.3 Å². The minimum atomic E-state index is 0.270. The maximum atomic E-state index is 9.74. The van der Waals surface area contributed by atoms with Gasteiger partial charge in [-0.05, 0) is 80.6 Å². The Bertz CT molecular complexity index is 1320. The van der Waals surface area contributed by atoms with Crippen molar-refractivity contribution in [2.45, 2.75) is 6.42 Å². The van der Waals surface area contributed by atoms with Crippen LogP contribution in [0, 0.1) is 0 Å². The van der Waals surface area contributed by atoms with Gasteiger partial charge in [0.1, 0.15) is 11.5 Å². The molecule has 0 saturated carbocycles. The summed E-state index contributed by atoms with van der Waals surface area (Å²) in [5, 5.41) is 24.1. The molecule has 0 radical (unpaired) electrons. The van der Waals surface area contributed by atoms with E-state index in [1.165, 1.54) is 32.7 Å². The van der Waals surface area contributed by atoms with Crippen LogP contribution in [0.25, 0.3) is 32.7 Å². The Morgan fingerprint density at radius 3 is 1.97 bits per heavy atom. The third kappa shape index (κ3) is 3.19. The average molecular weight is 376 g/mol. The van der Waals surface area contributed by atoms with E-state index in [9.17, 15) is 10.2 Å². The SMILES string of the molecule is Oc1ccc(Cc2cccc3c(-c4ccc(O)cc4)c4ccccc4cc23)cc1. The molecule has 0 atom stereocenters. The van der Waals surface area contributed by atoms with E-state index >= 15 is 0 Å². The molecule has 0 spiro atoms. The predicted octanol–water partition coefficient (Wildman–Crippen LogP) is 6.66. The minimum absolute atomic E-state index is 0.270. The molecule has 5 aromatic rings. The Hall–Kier alpha value is -3.78. The number of phenols is 2. The molecule has 2 heteroatoms. The van der Waals surface area contributed by atoms with Crippen molar-refractivity contribution >= 4 is 21.5 Å². The Labute approximate surface area is 169 Å². The molecule has 0 saturated heterocycles. The maximum Gasteiger partial charge on any atom is 0.115 e. The molecular weight excluding hydrogens is 356 g/mol. The molecule has 0 bridgehead atoms. The number of phenolic OH excluding ortho intramolecular Hbond substituents is 2. The molecule has 2 N–H and O–H groups in total. The van der Waals surface area contributed by atoms with Gasteiger partial charge in [0.15, 0.2) is 0 Å². The fraction of sp³-hybridized carbons (Fsp3) is 0.0370. The van der Waals surface area contributed by atoms with Crippen LogP contribution in [0.1, 0.15) is 11.1 Å². The van der Waals surface area contributed by atoms with Crippen molar-refractivity contribution in [3.63, 3.8) is 0 Å². The van der Waals surface area contributed by atoms with Crippen molar-refractivity contribution in [3.8, 4) is 22.6 Å². The van der Waals surface area contributed by atoms with Crippen molar-refractivity contribution in [1.29, 1.82) is 0 Å². The van der Waals surface area contributed by atoms with Crippen molar-refractivity contribution in [3.05, 3.63) is 108 Å². The summed E-state index contributed by atoms with van der Waals surface area (Å²) in [6.07, 6.45) is 0.797. The van der Waals surface area contributed by atoms with Gasteiger partial charge in [0.25, 0.3) is 0 Å². The van der Waals surface area contributed by atoms with E-state index < -0.39 is 0 Å². The number of hydrogen-bond acceptors (Lipinski definition) is 2. The van der Waals surface area contributed by atoms with Crippen molar-refractivity contribution in [1.82, 2.24) is 0 Å². The summed E-state index contributed by atoms with van der Waals surface area (Å²) in [5.74, 6) is 0.554. The predicted molar refractivity (Wildman–Crippen MR) is 119 cm³/mol. The van der Waals surface area contributed by atoms with Crippen LogP contribution in [0.3, 0.4) is 0 Å². The molecule has 0 aromatic heterocycles. The number of hydrogen-bond donors (Lipinski definition) is 2. The van der Waals surface area contributed by atoms with Gasteiger partial charge >= 0.3 is 0 Å². The second-order valence-electron chi connectivity index (χ2n) is 7.38. The van der Waals surface area contributed by atoms with E-state index in [0.29, 0.717) is 0 Å². The molecule has 0 aliphatic heterocycles. The van der Waals surface area contributed by atoms with Crippen LogP contribution in [0.4, 0.5) is 0 Å². The van der Waals surface area contributed by atoms with Gasteiger partial charge in [-0.3, -0.25) is 0 Å². The van der Waals surface area contributed by atoms with E-state index in [0.717, 1.165) is 17.5 Å². The lowest BCUT2D eigenvalue weighted by Gasteiger charge is -2.15. The van der Waals surface area contributed by atoms with Crippen LogP contribution in [-0.2, 0) is 6.42 Å². The number of aromatic hydroxyl groups is 2. The van der Waals surface area contributed by atoms with Gasteiger partial charge in [-0.1, -0.05) is 66.7 Å². The maximum absolute atomic E-state index is 9.74. The topological polar surface area (TPSA) is 40.5 Å². The largest absolute Gasteiger partial charge is 0.508 e. The van der Waals surface area contributed by atoms with E-state index in [2.05, 4.69) is 48.5 Å². The first-order valence-electron chi connectivity index (χ1n) is 9.70. The lowest BCUT2D eigenvalue weighted by Crippen LogP contribution is -1.92. The van der Waals surface area contributed by atoms with E-state index in [4.69, 9.17) is 0 Å². The van der Waals surface area contributed by atoms with Crippen molar-refractivity contribution in [2.75, 3.05) is 0 Å². The van der Waals surface area contributed by atoms with Gasteiger partial charge in [0.2, 0.25) is 0 Å². The lowest BCUT2D eigenvalue weighted by molar-refractivity contribution is 0.474. The summed E-state index contributed by atoms with van der Waals surface area (Å²) >= 11 is 0. The summed E-state index contributed by atoms with van der Waals surface area (Å²) in [6, 6.07) is 32.0. The van der Waals surface area contributed by atoms with Crippen LogP contribution in [0.5, 0.6) is 11.5 Å². The van der Waals surface area contributed by atoms with Crippen LogP contribution in [-0.4, -0.2) is 10.2 Å². The summed E-state index contributed by atoms with van der Waals surface area (Å²) < 4.78 is 0. The van der Waals surface area contributed by atoms with E-state index in [-0.39, 0.29) is 11.5 Å². The normalized spacial score (nSPS) is 11.2. The average Bonchev–Trinajstić information content (AvgIpc) is 2.75. The van der Waals surface area contributed by atoms with Gasteiger partial charge in [-0.15, -0.1) is 0 Å². The van der Waals surface area contributed by atoms with E-state index in [1.807, 2.05) is 24.3 Å². The third-order valence-electron chi connectivity index (χ3n) is 5.48. The molecule has 0 fully saturated rings. The lowest BCUT2D eigenvalue weighted by atomic mass is 9.89. The minimum Gasteiger partial charge on any atom is -0.508 e. The highest BCUT2D eigenvalue weighted by Crippen LogP contribution is 2.38. The monoisotopic (exact) mass is 376 g/mol. The quantitative estimate of drug-likeness (QED) is 0.346. The highest BCUT2D eigenvalue weighted by atomic mass is 16.3. The molecule has 0 aliphatic carbocycles. The smallest absolute Gasteiger partial charge is 0.115 e. The molecule has 0 heterocycles. The molecule has 0 amide bonds. The first kappa shape index (κ1) is 17.3. The summed E-state index contributed by atoms with van der Waals surface area (Å²) in [7, 11) is 0. The molecule has 29 heavy (non-hydrogen) atoms. The number of benzene rings is 5. The zero-order valence-electron chi connectivity index (χ0n) is 15.8. The molecule has 0 aliphatic rings. The molecule has 0 unspecified atom stereocenters. The van der Waals surface area contributed by atoms with Crippen molar-refractivity contribution < 1.29 is 10.2 Å². The van der Waals surface area contributed by atoms with Crippen LogP contribution >= 0.6 is 0 Å². The van der Waals surface area contributed by atoms with Crippen molar-refractivity contribution in [2.24, 2.45) is 0 Å². The molecule has 140 valence electrons. The highest BCUT2D eigenvalue weighted by Gasteiger charge is 2.12. The van der Waals surface area contributed by atoms with Gasteiger partial charge in [-0.2, -0.15) is 0 Å². The fourth-order valence-corrected chi connectivity index (χ4v) is 4.08. The molecule has 5 rings (SSSR count). The highest BCUT2D eigenvalue weighted by molar-refractivity contribution is 6.13. The third-order valence-corrected chi connectivity index (χ3v) is 5.48. The fourth-order valence-electron chi connectivity index (χ4n) is 4.08. The van der Waals surface area contributed by atoms with Gasteiger partial charge in [0, 0.05) is 0 Å². The van der Waals surface area contributed by atoms with Crippen LogP contribution in [0.15, 0.2) is 97.1 Å². The first-order chi connectivity index (χ1) is 14.2. The zero-order valence-corrected chi connectivity index (χ0v) is 15.8. The Balaban J connectivity index is 1.78. The molecule has 5 aromatic carbocycles. The van der Waals surface area contributed by atoms with Crippen LogP contribution in [0.2, 0.25) is 0 Å². The van der Waals surface area contributed by atoms with Gasteiger partial charge in [-0.25, -0.2) is 0 Å². The summed E-state index contributed by atoms with van der Waals surface area (Å²) in [5.41, 5.74) is 4.69. The Morgan fingerprint density at radius 2 is 1.21 bits per heavy atom. The first-order valence-corrected chi connectivity index (χ1v) is 9.70. The summed E-state index contributed by atoms with van der Waals surface area (Å²) in [6.45, 7) is 0. The Kier molecular flexibility index (Phi) is 4.18. The number of rotatable bonds is 3. The molecular formula is C27H20O2. The van der Waals surface area contributed by atoms with Gasteiger partial charge in [0.05, 0.1) is 0 Å². The number of fused-ring (bicyclic) bond motifs is 2. The second kappa shape index (κ2) is 6.99. The second-order valence-corrected chi connectivity index (χ2v) is 7.38. The Morgan fingerprint density at radius 1 is 0.552 bits per heavy atom. The standard InChI is InChI=1S/C27H20O2/c28-22-12-8-18(9-13-22)16-20-5-3-7-25-26(20)17-21-4-1-2-6-24(21)27(25)19-10-14-23(29)15-11-19/h1-15,17,28-29H,16H2. The molecule has 2 nitrogen and oxygen atoms in total. The van der Waals surface area contributed by atoms with Crippen LogP contribution < -0.4 is 0 Å². The zero-order chi connectivity index (χ0) is 19.8. The van der Waals surface area contributed by atoms with Gasteiger partial charge < -0.3 is 10.2 Å². The summed E-state index contributed by atoms with van der Waals surface area (Å²) in [4.78, 5) is 0.